The van der Waals surface area contributed by atoms with Gasteiger partial charge in [0, 0.05) is 4.88 Å². The molecule has 1 aromatic rings. The molecule has 1 N–H and O–H groups in total. The summed E-state index contributed by atoms with van der Waals surface area (Å²) in [6.45, 7) is 2.30. The first kappa shape index (κ1) is 6.78. The largest absolute Gasteiger partial charge is 0.392 e. The van der Waals surface area contributed by atoms with Gasteiger partial charge in [-0.1, -0.05) is 6.92 Å². The van der Waals surface area contributed by atoms with Crippen LogP contribution in [0.2, 0.25) is 0 Å². The van der Waals surface area contributed by atoms with E-state index in [1.807, 2.05) is 11.4 Å². The number of hydrogen-bond acceptors (Lipinski definition) is 2. The number of thiophene rings is 1. The monoisotopic (exact) mass is 142 g/mol. The summed E-state index contributed by atoms with van der Waals surface area (Å²) < 4.78 is 0. The topological polar surface area (TPSA) is 20.2 Å². The molecule has 0 aromatic carbocycles. The van der Waals surface area contributed by atoms with Crippen LogP contribution in [0, 0.1) is 0 Å². The Balaban J connectivity index is 2.74. The van der Waals surface area contributed by atoms with Crippen LogP contribution in [0.15, 0.2) is 11.4 Å². The summed E-state index contributed by atoms with van der Waals surface area (Å²) in [4.78, 5) is 1.35. The Morgan fingerprint density at radius 3 is 2.78 bits per heavy atom. The molecule has 1 nitrogen and oxygen atoms in total. The fraction of sp³-hybridized carbons (Fsp3) is 0.429. The van der Waals surface area contributed by atoms with Gasteiger partial charge in [-0.15, -0.1) is 11.3 Å². The molecule has 0 aliphatic rings. The van der Waals surface area contributed by atoms with Crippen molar-refractivity contribution >= 4 is 11.3 Å². The molecular weight excluding hydrogens is 132 g/mol. The van der Waals surface area contributed by atoms with Crippen LogP contribution in [-0.2, 0) is 13.0 Å². The lowest BCUT2D eigenvalue weighted by Gasteiger charge is -1.83. The van der Waals surface area contributed by atoms with Crippen LogP contribution in [0.5, 0.6) is 0 Å². The Labute approximate surface area is 59.0 Å². The maximum Gasteiger partial charge on any atom is 0.0690 e. The fourth-order valence-corrected chi connectivity index (χ4v) is 1.53. The van der Waals surface area contributed by atoms with Gasteiger partial charge >= 0.3 is 0 Å². The van der Waals surface area contributed by atoms with Gasteiger partial charge in [-0.05, 0) is 23.4 Å². The highest BCUT2D eigenvalue weighted by molar-refractivity contribution is 7.10. The maximum absolute atomic E-state index is 8.65. The lowest BCUT2D eigenvalue weighted by Crippen LogP contribution is -1.74. The van der Waals surface area contributed by atoms with Crippen molar-refractivity contribution in [1.29, 1.82) is 0 Å². The summed E-state index contributed by atoms with van der Waals surface area (Å²) in [6.07, 6.45) is 1.07. The highest BCUT2D eigenvalue weighted by atomic mass is 32.1. The highest BCUT2D eigenvalue weighted by Gasteiger charge is 1.93. The van der Waals surface area contributed by atoms with E-state index >= 15 is 0 Å². The molecule has 0 spiro atoms. The number of aliphatic hydroxyl groups excluding tert-OH is 1. The molecule has 2 heteroatoms. The van der Waals surface area contributed by atoms with Gasteiger partial charge in [-0.3, -0.25) is 0 Å². The Bertz CT molecular complexity index is 162. The summed E-state index contributed by atoms with van der Waals surface area (Å²) in [5.74, 6) is 0. The van der Waals surface area contributed by atoms with Gasteiger partial charge in [0.25, 0.3) is 0 Å². The molecule has 0 aliphatic heterocycles. The normalized spacial score (nSPS) is 10.0. The van der Waals surface area contributed by atoms with Crippen molar-refractivity contribution in [2.24, 2.45) is 0 Å². The zero-order valence-electron chi connectivity index (χ0n) is 5.42. The van der Waals surface area contributed by atoms with E-state index in [2.05, 4.69) is 6.92 Å². The first-order valence-corrected chi connectivity index (χ1v) is 3.92. The maximum atomic E-state index is 8.65. The van der Waals surface area contributed by atoms with Crippen molar-refractivity contribution in [3.8, 4) is 0 Å². The smallest absolute Gasteiger partial charge is 0.0690 e. The Kier molecular flexibility index (Phi) is 2.25. The molecule has 1 heterocycles. The van der Waals surface area contributed by atoms with Gasteiger partial charge in [0.15, 0.2) is 0 Å². The molecule has 0 atom stereocenters. The van der Waals surface area contributed by atoms with Crippen molar-refractivity contribution < 1.29 is 5.11 Å². The average Bonchev–Trinajstić information content (AvgIpc) is 2.34. The summed E-state index contributed by atoms with van der Waals surface area (Å²) in [5.41, 5.74) is 1.04. The number of aryl methyl sites for hydroxylation is 1. The van der Waals surface area contributed by atoms with Crippen molar-refractivity contribution in [3.63, 3.8) is 0 Å². The van der Waals surface area contributed by atoms with Crippen molar-refractivity contribution in [3.05, 3.63) is 21.9 Å². The van der Waals surface area contributed by atoms with E-state index in [1.54, 1.807) is 11.3 Å². The van der Waals surface area contributed by atoms with E-state index in [1.165, 1.54) is 4.88 Å². The van der Waals surface area contributed by atoms with E-state index in [4.69, 9.17) is 5.11 Å². The van der Waals surface area contributed by atoms with Gasteiger partial charge in [0.2, 0.25) is 0 Å². The third kappa shape index (κ3) is 1.53. The summed E-state index contributed by atoms with van der Waals surface area (Å²) >= 11 is 1.71. The zero-order valence-corrected chi connectivity index (χ0v) is 6.24. The fourth-order valence-electron chi connectivity index (χ4n) is 0.695. The Morgan fingerprint density at radius 2 is 2.44 bits per heavy atom. The molecule has 0 saturated carbocycles. The van der Waals surface area contributed by atoms with Gasteiger partial charge in [-0.25, -0.2) is 0 Å². The third-order valence-electron chi connectivity index (χ3n) is 1.24. The molecule has 0 saturated heterocycles. The van der Waals surface area contributed by atoms with Gasteiger partial charge in [0.05, 0.1) is 6.61 Å². The highest BCUT2D eigenvalue weighted by Crippen LogP contribution is 2.14. The minimum absolute atomic E-state index is 0.177. The third-order valence-corrected chi connectivity index (χ3v) is 2.37. The second-order valence-electron chi connectivity index (χ2n) is 1.93. The first-order chi connectivity index (χ1) is 4.36. The lowest BCUT2D eigenvalue weighted by molar-refractivity contribution is 0.282. The van der Waals surface area contributed by atoms with Crippen LogP contribution in [0.3, 0.4) is 0 Å². The molecule has 50 valence electrons. The minimum atomic E-state index is 0.177. The molecule has 9 heavy (non-hydrogen) atoms. The molecule has 0 fully saturated rings. The second-order valence-corrected chi connectivity index (χ2v) is 2.93. The predicted molar refractivity (Wildman–Crippen MR) is 39.6 cm³/mol. The van der Waals surface area contributed by atoms with E-state index < -0.39 is 0 Å². The van der Waals surface area contributed by atoms with Gasteiger partial charge < -0.3 is 5.11 Å². The van der Waals surface area contributed by atoms with E-state index in [0.29, 0.717) is 0 Å². The molecular formula is C7H10OS. The summed E-state index contributed by atoms with van der Waals surface area (Å²) in [7, 11) is 0. The van der Waals surface area contributed by atoms with Crippen LogP contribution in [-0.4, -0.2) is 5.11 Å². The van der Waals surface area contributed by atoms with E-state index in [-0.39, 0.29) is 6.61 Å². The van der Waals surface area contributed by atoms with Crippen molar-refractivity contribution in [2.45, 2.75) is 20.0 Å². The van der Waals surface area contributed by atoms with E-state index in [0.717, 1.165) is 12.0 Å². The number of hydrogen-bond donors (Lipinski definition) is 1. The molecule has 1 rings (SSSR count). The molecule has 0 radical (unpaired) electrons. The van der Waals surface area contributed by atoms with Crippen LogP contribution in [0.1, 0.15) is 17.4 Å². The van der Waals surface area contributed by atoms with E-state index in [9.17, 15) is 0 Å². The number of rotatable bonds is 2. The van der Waals surface area contributed by atoms with Crippen molar-refractivity contribution in [1.82, 2.24) is 0 Å². The Hall–Kier alpha value is -0.340. The van der Waals surface area contributed by atoms with Crippen molar-refractivity contribution in [2.75, 3.05) is 0 Å². The van der Waals surface area contributed by atoms with Crippen LogP contribution in [0.4, 0.5) is 0 Å². The average molecular weight is 142 g/mol. The summed E-state index contributed by atoms with van der Waals surface area (Å²) in [5, 5.41) is 10.7. The predicted octanol–water partition coefficient (Wildman–Crippen LogP) is 1.80. The molecule has 0 bridgehead atoms. The molecule has 0 amide bonds. The summed E-state index contributed by atoms with van der Waals surface area (Å²) in [6, 6.07) is 2.05. The molecule has 1 aromatic heterocycles. The standard InChI is InChI=1S/C7H10OS/c1-2-7-3-6(4-8)5-9-7/h3,5,8H,2,4H2,1H3. The first-order valence-electron chi connectivity index (χ1n) is 3.04. The van der Waals surface area contributed by atoms with Crippen LogP contribution >= 0.6 is 11.3 Å². The van der Waals surface area contributed by atoms with Gasteiger partial charge in [-0.2, -0.15) is 0 Å². The zero-order chi connectivity index (χ0) is 6.69. The second kappa shape index (κ2) is 2.99. The molecule has 0 aliphatic carbocycles. The number of aliphatic hydroxyl groups is 1. The minimum Gasteiger partial charge on any atom is -0.392 e. The Morgan fingerprint density at radius 1 is 1.67 bits per heavy atom. The SMILES string of the molecule is CCc1cc(CO)cs1. The van der Waals surface area contributed by atoms with Crippen LogP contribution < -0.4 is 0 Å². The van der Waals surface area contributed by atoms with Crippen LogP contribution in [0.25, 0.3) is 0 Å². The quantitative estimate of drug-likeness (QED) is 0.667. The molecule has 0 unspecified atom stereocenters. The lowest BCUT2D eigenvalue weighted by atomic mass is 10.3. The van der Waals surface area contributed by atoms with Gasteiger partial charge in [0.1, 0.15) is 0 Å².